The van der Waals surface area contributed by atoms with Gasteiger partial charge in [-0.1, -0.05) is 127 Å². The van der Waals surface area contributed by atoms with Gasteiger partial charge >= 0.3 is 0 Å². The van der Waals surface area contributed by atoms with E-state index >= 15 is 0 Å². The van der Waals surface area contributed by atoms with E-state index in [4.69, 9.17) is 9.97 Å². The van der Waals surface area contributed by atoms with Crippen LogP contribution in [0.15, 0.2) is 194 Å². The zero-order valence-corrected chi connectivity index (χ0v) is 31.5. The van der Waals surface area contributed by atoms with Gasteiger partial charge < -0.3 is 9.13 Å². The lowest BCUT2D eigenvalue weighted by Gasteiger charge is -2.13. The van der Waals surface area contributed by atoms with E-state index in [0.717, 1.165) is 45.0 Å². The van der Waals surface area contributed by atoms with Gasteiger partial charge in [-0.2, -0.15) is 0 Å². The second-order valence-electron chi connectivity index (χ2n) is 14.6. The largest absolute Gasteiger partial charge is 0.307 e. The van der Waals surface area contributed by atoms with Gasteiger partial charge in [0.1, 0.15) is 0 Å². The van der Waals surface area contributed by atoms with Gasteiger partial charge in [0.2, 0.25) is 0 Å². The average molecular weight is 745 g/mol. The minimum atomic E-state index is 0.697. The van der Waals surface area contributed by atoms with E-state index in [1.807, 2.05) is 23.5 Å². The fourth-order valence-electron chi connectivity index (χ4n) is 8.74. The Morgan fingerprint density at radius 3 is 1.44 bits per heavy atom. The van der Waals surface area contributed by atoms with Crippen LogP contribution in [0.25, 0.3) is 109 Å². The molecule has 4 nitrogen and oxygen atoms in total. The molecule has 0 bridgehead atoms. The lowest BCUT2D eigenvalue weighted by molar-refractivity contribution is 1.15. The molecule has 0 atom stereocenters. The summed E-state index contributed by atoms with van der Waals surface area (Å²) in [5.74, 6) is 0.697. The molecule has 266 valence electrons. The summed E-state index contributed by atoms with van der Waals surface area (Å²) in [7, 11) is 0. The van der Waals surface area contributed by atoms with Gasteiger partial charge in [-0.3, -0.25) is 0 Å². The summed E-state index contributed by atoms with van der Waals surface area (Å²) < 4.78 is 7.54. The highest BCUT2D eigenvalue weighted by Crippen LogP contribution is 2.43. The molecule has 0 aliphatic carbocycles. The Kier molecular flexibility index (Phi) is 7.06. The second-order valence-corrected chi connectivity index (χ2v) is 15.7. The van der Waals surface area contributed by atoms with E-state index in [9.17, 15) is 0 Å². The Labute approximate surface area is 332 Å². The molecule has 0 N–H and O–H groups in total. The van der Waals surface area contributed by atoms with Crippen molar-refractivity contribution in [1.29, 1.82) is 0 Å². The molecule has 8 aromatic carbocycles. The van der Waals surface area contributed by atoms with Gasteiger partial charge in [-0.05, 0) is 66.7 Å². The van der Waals surface area contributed by atoms with Crippen LogP contribution in [-0.4, -0.2) is 19.1 Å². The highest BCUT2D eigenvalue weighted by molar-refractivity contribution is 7.25. The fourth-order valence-corrected chi connectivity index (χ4v) is 9.83. The van der Waals surface area contributed by atoms with Crippen LogP contribution in [0.4, 0.5) is 0 Å². The SMILES string of the molecule is c1ccc(-c2cc(-c3ccccc3)nc(-c3ccc(-n4c5ccccc5c5ccc6c7ccccc7n(-c7ccc8sc9ccccc9c8c7)c6c54)cc3)n2)cc1. The van der Waals surface area contributed by atoms with Gasteiger partial charge in [-0.25, -0.2) is 9.97 Å². The number of hydrogen-bond acceptors (Lipinski definition) is 3. The van der Waals surface area contributed by atoms with Gasteiger partial charge in [0, 0.05) is 69.8 Å². The molecule has 57 heavy (non-hydrogen) atoms. The highest BCUT2D eigenvalue weighted by Gasteiger charge is 2.22. The number of nitrogens with zero attached hydrogens (tertiary/aromatic N) is 4. The fraction of sp³-hybridized carbons (Fsp3) is 0. The van der Waals surface area contributed by atoms with E-state index < -0.39 is 0 Å². The average Bonchev–Trinajstić information content (AvgIpc) is 3.94. The van der Waals surface area contributed by atoms with Crippen molar-refractivity contribution in [3.63, 3.8) is 0 Å². The first kappa shape index (κ1) is 32.0. The minimum absolute atomic E-state index is 0.697. The van der Waals surface area contributed by atoms with E-state index in [1.54, 1.807) is 0 Å². The van der Waals surface area contributed by atoms with Crippen LogP contribution >= 0.6 is 11.3 Å². The number of thiophene rings is 1. The first-order valence-corrected chi connectivity index (χ1v) is 20.1. The maximum Gasteiger partial charge on any atom is 0.160 e. The van der Waals surface area contributed by atoms with Crippen molar-refractivity contribution in [2.75, 3.05) is 0 Å². The molecule has 4 aromatic heterocycles. The highest BCUT2D eigenvalue weighted by atomic mass is 32.1. The number of aromatic nitrogens is 4. The topological polar surface area (TPSA) is 35.6 Å². The second kappa shape index (κ2) is 12.6. The Hall–Kier alpha value is -7.34. The molecule has 0 amide bonds. The van der Waals surface area contributed by atoms with Crippen molar-refractivity contribution in [1.82, 2.24) is 19.1 Å². The Balaban J connectivity index is 1.10. The number of fused-ring (bicyclic) bond motifs is 10. The lowest BCUT2D eigenvalue weighted by Crippen LogP contribution is -1.99. The molecule has 12 aromatic rings. The molecule has 4 heterocycles. The molecular formula is C52H32N4S. The summed E-state index contributed by atoms with van der Waals surface area (Å²) in [6.07, 6.45) is 0. The lowest BCUT2D eigenvalue weighted by atomic mass is 10.1. The molecular weight excluding hydrogens is 713 g/mol. The number of benzene rings is 8. The molecule has 0 aliphatic heterocycles. The quantitative estimate of drug-likeness (QED) is 0.176. The molecule has 0 fully saturated rings. The maximum atomic E-state index is 5.12. The molecule has 0 spiro atoms. The Bertz CT molecular complexity index is 3450. The zero-order chi connectivity index (χ0) is 37.5. The standard InChI is InChI=1S/C52H32N4S/c1-3-13-33(14-4-1)44-32-45(34-15-5-2-6-16-34)54-52(53-44)35-23-25-36(26-24-35)55-46-20-10-7-17-38(46)41-28-29-42-39-18-8-11-21-47(39)56(51(42)50(41)55)37-27-30-49-43(31-37)40-19-9-12-22-48(40)57-49/h1-32H. The van der Waals surface area contributed by atoms with Crippen LogP contribution in [-0.2, 0) is 0 Å². The van der Waals surface area contributed by atoms with E-state index in [-0.39, 0.29) is 0 Å². The van der Waals surface area contributed by atoms with Crippen LogP contribution in [0.3, 0.4) is 0 Å². The third kappa shape index (κ3) is 4.99. The van der Waals surface area contributed by atoms with Crippen molar-refractivity contribution >= 4 is 75.1 Å². The van der Waals surface area contributed by atoms with Crippen LogP contribution in [0.2, 0.25) is 0 Å². The third-order valence-electron chi connectivity index (χ3n) is 11.3. The van der Waals surface area contributed by atoms with Crippen molar-refractivity contribution in [3.05, 3.63) is 194 Å². The molecule has 12 rings (SSSR count). The van der Waals surface area contributed by atoms with E-state index in [0.29, 0.717) is 5.82 Å². The van der Waals surface area contributed by atoms with Gasteiger partial charge in [0.25, 0.3) is 0 Å². The number of para-hydroxylation sites is 2. The van der Waals surface area contributed by atoms with Gasteiger partial charge in [0.05, 0.1) is 33.5 Å². The van der Waals surface area contributed by atoms with Crippen molar-refractivity contribution in [3.8, 4) is 45.3 Å². The molecule has 5 heteroatoms. The smallest absolute Gasteiger partial charge is 0.160 e. The predicted octanol–water partition coefficient (Wildman–Crippen LogP) is 14.0. The summed E-state index contributed by atoms with van der Waals surface area (Å²) in [6.45, 7) is 0. The first-order valence-electron chi connectivity index (χ1n) is 19.2. The predicted molar refractivity (Wildman–Crippen MR) is 240 cm³/mol. The van der Waals surface area contributed by atoms with Crippen LogP contribution in [0.1, 0.15) is 0 Å². The molecule has 0 saturated carbocycles. The van der Waals surface area contributed by atoms with Gasteiger partial charge in [0.15, 0.2) is 5.82 Å². The Morgan fingerprint density at radius 2 is 0.825 bits per heavy atom. The summed E-state index contributed by atoms with van der Waals surface area (Å²) in [4.78, 5) is 10.2. The molecule has 0 saturated heterocycles. The number of hydrogen-bond donors (Lipinski definition) is 0. The van der Waals surface area contributed by atoms with E-state index in [2.05, 4.69) is 191 Å². The first-order chi connectivity index (χ1) is 28.3. The minimum Gasteiger partial charge on any atom is -0.307 e. The van der Waals surface area contributed by atoms with Gasteiger partial charge in [-0.15, -0.1) is 11.3 Å². The molecule has 0 radical (unpaired) electrons. The zero-order valence-electron chi connectivity index (χ0n) is 30.7. The van der Waals surface area contributed by atoms with Crippen LogP contribution < -0.4 is 0 Å². The van der Waals surface area contributed by atoms with Crippen LogP contribution in [0, 0.1) is 0 Å². The summed E-state index contributed by atoms with van der Waals surface area (Å²) in [5, 5.41) is 7.50. The van der Waals surface area contributed by atoms with Crippen LogP contribution in [0.5, 0.6) is 0 Å². The molecule has 0 unspecified atom stereocenters. The summed E-state index contributed by atoms with van der Waals surface area (Å²) >= 11 is 1.86. The summed E-state index contributed by atoms with van der Waals surface area (Å²) in [5.41, 5.74) is 11.8. The third-order valence-corrected chi connectivity index (χ3v) is 12.5. The van der Waals surface area contributed by atoms with Crippen molar-refractivity contribution in [2.45, 2.75) is 0 Å². The normalized spacial score (nSPS) is 11.9. The summed E-state index contributed by atoms with van der Waals surface area (Å²) in [6, 6.07) is 69.5. The monoisotopic (exact) mass is 744 g/mol. The Morgan fingerprint density at radius 1 is 0.333 bits per heavy atom. The van der Waals surface area contributed by atoms with Crippen molar-refractivity contribution < 1.29 is 0 Å². The number of rotatable bonds is 5. The van der Waals surface area contributed by atoms with E-state index in [1.165, 1.54) is 58.3 Å². The van der Waals surface area contributed by atoms with Crippen molar-refractivity contribution in [2.24, 2.45) is 0 Å². The maximum absolute atomic E-state index is 5.12. The molecule has 0 aliphatic rings.